The summed E-state index contributed by atoms with van der Waals surface area (Å²) in [5, 5.41) is 4.60. The summed E-state index contributed by atoms with van der Waals surface area (Å²) in [5.41, 5.74) is 5.49. The molecule has 10 nitrogen and oxygen atoms in total. The first-order valence-corrected chi connectivity index (χ1v) is 19.1. The minimum absolute atomic E-state index is 0.0316. The molecule has 0 atom stereocenters. The number of nitrogens with zero attached hydrogens (tertiary/aromatic N) is 6. The predicted octanol–water partition coefficient (Wildman–Crippen LogP) is 7.99. The van der Waals surface area contributed by atoms with Gasteiger partial charge in [-0.2, -0.15) is 5.10 Å². The molecule has 0 unspecified atom stereocenters. The first kappa shape index (κ1) is 35.5. The van der Waals surface area contributed by atoms with Gasteiger partial charge in [0, 0.05) is 37.3 Å². The van der Waals surface area contributed by atoms with Crippen molar-refractivity contribution < 1.29 is 19.1 Å². The number of aryl methyl sites for hydroxylation is 2. The minimum Gasteiger partial charge on any atom is -0.496 e. The fourth-order valence-corrected chi connectivity index (χ4v) is 9.28. The van der Waals surface area contributed by atoms with E-state index in [1.165, 1.54) is 16.7 Å². The number of carbonyl (C=O) groups is 2. The van der Waals surface area contributed by atoms with Gasteiger partial charge in [0.2, 0.25) is 5.91 Å². The van der Waals surface area contributed by atoms with E-state index in [0.717, 1.165) is 62.9 Å². The van der Waals surface area contributed by atoms with Crippen LogP contribution in [0.3, 0.4) is 0 Å². The van der Waals surface area contributed by atoms with E-state index in [-0.39, 0.29) is 40.4 Å². The van der Waals surface area contributed by atoms with Gasteiger partial charge in [-0.3, -0.25) is 19.4 Å². The van der Waals surface area contributed by atoms with Gasteiger partial charge in [-0.05, 0) is 132 Å². The van der Waals surface area contributed by atoms with Crippen LogP contribution in [0.1, 0.15) is 109 Å². The molecule has 8 rings (SSSR count). The highest BCUT2D eigenvalue weighted by atomic mass is 16.6. The van der Waals surface area contributed by atoms with Crippen LogP contribution < -0.4 is 9.64 Å². The summed E-state index contributed by atoms with van der Waals surface area (Å²) in [6.07, 6.45) is 16.4. The van der Waals surface area contributed by atoms with E-state index in [9.17, 15) is 9.59 Å². The second-order valence-corrected chi connectivity index (χ2v) is 17.3. The highest BCUT2D eigenvalue weighted by Gasteiger charge is 2.51. The SMILES string of the molecule is COc1c(C)cc(C23CCC(CN(c4cncc(-c5cnn(C(C)(C)C)c5)n4)C(=O)[C@H]4CC[C@H](OC(=O)N5CC(C)C5)CC4)(CC2)CC3)cc1C. The smallest absolute Gasteiger partial charge is 0.410 e. The molecule has 1 aliphatic heterocycles. The summed E-state index contributed by atoms with van der Waals surface area (Å²) in [5.74, 6) is 2.10. The van der Waals surface area contributed by atoms with Crippen LogP contribution in [0.4, 0.5) is 10.6 Å². The normalized spacial score (nSPS) is 26.5. The zero-order valence-electron chi connectivity index (χ0n) is 31.7. The molecular weight excluding hydrogens is 640 g/mol. The fourth-order valence-electron chi connectivity index (χ4n) is 9.28. The summed E-state index contributed by atoms with van der Waals surface area (Å²) < 4.78 is 13.5. The molecule has 2 aromatic heterocycles. The van der Waals surface area contributed by atoms with E-state index in [1.54, 1.807) is 24.4 Å². The number of likely N-dealkylation sites (tertiary alicyclic amines) is 1. The molecule has 4 aliphatic carbocycles. The Labute approximate surface area is 303 Å². The Morgan fingerprint density at radius 2 is 1.59 bits per heavy atom. The number of rotatable bonds is 8. The van der Waals surface area contributed by atoms with Crippen molar-refractivity contribution in [2.24, 2.45) is 17.3 Å². The summed E-state index contributed by atoms with van der Waals surface area (Å²) in [6.45, 7) is 15.0. The van der Waals surface area contributed by atoms with E-state index >= 15 is 0 Å². The number of benzene rings is 1. The van der Waals surface area contributed by atoms with Crippen LogP contribution in [0, 0.1) is 31.1 Å². The average molecular weight is 697 g/mol. The van der Waals surface area contributed by atoms with Gasteiger partial charge in [-0.25, -0.2) is 9.78 Å². The van der Waals surface area contributed by atoms with Gasteiger partial charge in [0.25, 0.3) is 0 Å². The summed E-state index contributed by atoms with van der Waals surface area (Å²) in [6, 6.07) is 4.70. The molecule has 0 N–H and O–H groups in total. The maximum Gasteiger partial charge on any atom is 0.410 e. The second kappa shape index (κ2) is 13.6. The molecule has 5 fully saturated rings. The molecule has 4 saturated carbocycles. The van der Waals surface area contributed by atoms with Gasteiger partial charge in [0.05, 0.1) is 36.9 Å². The lowest BCUT2D eigenvalue weighted by molar-refractivity contribution is -0.124. The zero-order valence-corrected chi connectivity index (χ0v) is 31.7. The van der Waals surface area contributed by atoms with Crippen LogP contribution >= 0.6 is 0 Å². The lowest BCUT2D eigenvalue weighted by Gasteiger charge is -2.55. The molecule has 0 spiro atoms. The molecule has 1 saturated heterocycles. The topological polar surface area (TPSA) is 103 Å². The van der Waals surface area contributed by atoms with Gasteiger partial charge in [0.15, 0.2) is 5.82 Å². The molecule has 0 radical (unpaired) electrons. The Morgan fingerprint density at radius 3 is 2.16 bits per heavy atom. The lowest BCUT2D eigenvalue weighted by Crippen LogP contribution is -2.52. The molecule has 3 heterocycles. The number of aromatic nitrogens is 4. The molecule has 1 aromatic carbocycles. The number of hydrogen-bond acceptors (Lipinski definition) is 7. The Morgan fingerprint density at radius 1 is 0.941 bits per heavy atom. The maximum atomic E-state index is 14.7. The number of ether oxygens (including phenoxy) is 2. The van der Waals surface area contributed by atoms with Crippen molar-refractivity contribution in [3.63, 3.8) is 0 Å². The van der Waals surface area contributed by atoms with Crippen molar-refractivity contribution in [1.82, 2.24) is 24.6 Å². The first-order chi connectivity index (χ1) is 24.3. The molecule has 51 heavy (non-hydrogen) atoms. The average Bonchev–Trinajstić information content (AvgIpc) is 3.62. The Kier molecular flexibility index (Phi) is 9.42. The van der Waals surface area contributed by atoms with Gasteiger partial charge in [0.1, 0.15) is 11.9 Å². The highest BCUT2D eigenvalue weighted by molar-refractivity contribution is 5.94. The van der Waals surface area contributed by atoms with E-state index in [4.69, 9.17) is 14.5 Å². The molecule has 5 aliphatic rings. The number of hydrogen-bond donors (Lipinski definition) is 0. The van der Waals surface area contributed by atoms with Gasteiger partial charge < -0.3 is 14.4 Å². The first-order valence-electron chi connectivity index (χ1n) is 19.1. The van der Waals surface area contributed by atoms with Crippen molar-refractivity contribution >= 4 is 17.8 Å². The molecule has 2 bridgehead atoms. The van der Waals surface area contributed by atoms with Crippen LogP contribution in [0.25, 0.3) is 11.3 Å². The van der Waals surface area contributed by atoms with Gasteiger partial charge in [-0.15, -0.1) is 0 Å². The largest absolute Gasteiger partial charge is 0.496 e. The van der Waals surface area contributed by atoms with E-state index < -0.39 is 0 Å². The molecule has 10 heteroatoms. The van der Waals surface area contributed by atoms with Crippen molar-refractivity contribution in [3.8, 4) is 17.0 Å². The van der Waals surface area contributed by atoms with Crippen LogP contribution in [-0.2, 0) is 20.5 Å². The van der Waals surface area contributed by atoms with Crippen molar-refractivity contribution in [2.75, 3.05) is 31.6 Å². The van der Waals surface area contributed by atoms with Crippen LogP contribution in [0.15, 0.2) is 36.9 Å². The third-order valence-corrected chi connectivity index (χ3v) is 12.5. The van der Waals surface area contributed by atoms with Crippen molar-refractivity contribution in [3.05, 3.63) is 53.6 Å². The summed E-state index contributed by atoms with van der Waals surface area (Å²) in [4.78, 5) is 40.8. The molecule has 3 aromatic rings. The molecular formula is C41H56N6O4. The maximum absolute atomic E-state index is 14.7. The zero-order chi connectivity index (χ0) is 36.1. The van der Waals surface area contributed by atoms with Crippen molar-refractivity contribution in [2.45, 2.75) is 123 Å². The molecule has 274 valence electrons. The second-order valence-electron chi connectivity index (χ2n) is 17.3. The Bertz CT molecular complexity index is 1720. The quantitative estimate of drug-likeness (QED) is 0.235. The number of fused-ring (bicyclic) bond motifs is 3. The molecule has 2 amide bonds. The number of methoxy groups -OCH3 is 1. The summed E-state index contributed by atoms with van der Waals surface area (Å²) >= 11 is 0. The Hall–Kier alpha value is -3.95. The number of amides is 2. The third-order valence-electron chi connectivity index (χ3n) is 12.5. The van der Waals surface area contributed by atoms with Crippen LogP contribution in [-0.4, -0.2) is 69.5 Å². The van der Waals surface area contributed by atoms with E-state index in [2.05, 4.69) is 63.8 Å². The fraction of sp³-hybridized carbons (Fsp3) is 0.634. The van der Waals surface area contributed by atoms with Crippen molar-refractivity contribution in [1.29, 1.82) is 0 Å². The highest BCUT2D eigenvalue weighted by Crippen LogP contribution is 2.58. The van der Waals surface area contributed by atoms with Crippen LogP contribution in [0.5, 0.6) is 5.75 Å². The van der Waals surface area contributed by atoms with Gasteiger partial charge in [-0.1, -0.05) is 19.1 Å². The van der Waals surface area contributed by atoms with E-state index in [0.29, 0.717) is 49.7 Å². The van der Waals surface area contributed by atoms with Gasteiger partial charge >= 0.3 is 6.09 Å². The number of carbonyl (C=O) groups excluding carboxylic acids is 2. The summed E-state index contributed by atoms with van der Waals surface area (Å²) in [7, 11) is 1.75. The monoisotopic (exact) mass is 696 g/mol. The standard InChI is InChI=1S/C41H56N6O4/c1-27-23-45(24-27)38(49)51-33-10-8-30(9-11-33)37(48)46(35-22-42-21-34(44-35)31-20-43-47(25-31)39(4,5)6)26-40-12-15-41(16-13-40,17-14-40)32-18-28(2)36(50-7)29(3)19-32/h18-22,25,27,30,33H,8-17,23-24,26H2,1-7H3/t30-,33-,40?,41?. The van der Waals surface area contributed by atoms with E-state index in [1.807, 2.05) is 22.0 Å². The van der Waals surface area contributed by atoms with Crippen LogP contribution in [0.2, 0.25) is 0 Å². The number of anilines is 1. The Balaban J connectivity index is 1.11. The third kappa shape index (κ3) is 6.99. The predicted molar refractivity (Wildman–Crippen MR) is 198 cm³/mol. The lowest BCUT2D eigenvalue weighted by atomic mass is 9.51. The minimum atomic E-state index is -0.212.